The van der Waals surface area contributed by atoms with Crippen molar-refractivity contribution in [2.75, 3.05) is 12.4 Å². The maximum atomic E-state index is 13.2. The van der Waals surface area contributed by atoms with E-state index in [-0.39, 0.29) is 5.56 Å². The number of benzene rings is 1. The third-order valence-corrected chi connectivity index (χ3v) is 4.83. The van der Waals surface area contributed by atoms with Crippen LogP contribution in [0.3, 0.4) is 0 Å². The highest BCUT2D eigenvalue weighted by atomic mass is 16.5. The monoisotopic (exact) mass is 402 g/mol. The molecule has 0 saturated carbocycles. The third-order valence-electron chi connectivity index (χ3n) is 4.83. The minimum absolute atomic E-state index is 0.134. The fourth-order valence-corrected chi connectivity index (χ4v) is 3.39. The van der Waals surface area contributed by atoms with E-state index in [4.69, 9.17) is 9.26 Å². The molecule has 4 aromatic rings. The molecule has 0 spiro atoms. The van der Waals surface area contributed by atoms with Crippen molar-refractivity contribution in [2.24, 2.45) is 0 Å². The number of ether oxygens (including phenoxy) is 1. The first-order valence-electron chi connectivity index (χ1n) is 9.54. The number of aromatic nitrogens is 3. The molecule has 3 heterocycles. The van der Waals surface area contributed by atoms with Gasteiger partial charge in [-0.3, -0.25) is 4.79 Å². The van der Waals surface area contributed by atoms with Crippen molar-refractivity contribution in [1.29, 1.82) is 0 Å². The van der Waals surface area contributed by atoms with Gasteiger partial charge in [-0.1, -0.05) is 35.5 Å². The molecule has 3 aromatic heterocycles. The van der Waals surface area contributed by atoms with Gasteiger partial charge < -0.3 is 19.1 Å². The number of methoxy groups -OCH3 is 1. The number of hydrogen-bond acceptors (Lipinski definition) is 6. The Morgan fingerprint density at radius 1 is 1.13 bits per heavy atom. The highest BCUT2D eigenvalue weighted by Crippen LogP contribution is 2.28. The van der Waals surface area contributed by atoms with Gasteiger partial charge in [0, 0.05) is 23.4 Å². The highest BCUT2D eigenvalue weighted by molar-refractivity contribution is 5.72. The van der Waals surface area contributed by atoms with E-state index in [1.807, 2.05) is 62.5 Å². The van der Waals surface area contributed by atoms with Crippen molar-refractivity contribution in [3.05, 3.63) is 88.3 Å². The molecule has 30 heavy (non-hydrogen) atoms. The van der Waals surface area contributed by atoms with Gasteiger partial charge in [-0.25, -0.2) is 4.98 Å². The van der Waals surface area contributed by atoms with Crippen LogP contribution in [0.15, 0.2) is 70.2 Å². The van der Waals surface area contributed by atoms with Crippen LogP contribution in [0.4, 0.5) is 11.4 Å². The number of nitrogens with zero attached hydrogens (tertiary/aromatic N) is 3. The van der Waals surface area contributed by atoms with Crippen LogP contribution >= 0.6 is 0 Å². The Kier molecular flexibility index (Phi) is 5.34. The fraction of sp³-hybridized carbons (Fsp3) is 0.174. The maximum absolute atomic E-state index is 13.2. The number of aryl methyl sites for hydroxylation is 2. The average Bonchev–Trinajstić information content (AvgIpc) is 3.10. The summed E-state index contributed by atoms with van der Waals surface area (Å²) < 4.78 is 12.1. The first-order valence-corrected chi connectivity index (χ1v) is 9.54. The minimum atomic E-state index is -0.134. The van der Waals surface area contributed by atoms with Gasteiger partial charge in [0.1, 0.15) is 11.4 Å². The van der Waals surface area contributed by atoms with Gasteiger partial charge >= 0.3 is 0 Å². The smallest absolute Gasteiger partial charge is 0.274 e. The van der Waals surface area contributed by atoms with Crippen LogP contribution in [0.1, 0.15) is 17.0 Å². The summed E-state index contributed by atoms with van der Waals surface area (Å²) in [6, 6.07) is 15.2. The second-order valence-corrected chi connectivity index (χ2v) is 6.97. The summed E-state index contributed by atoms with van der Waals surface area (Å²) in [6.07, 6.45) is 3.47. The molecule has 0 fully saturated rings. The molecule has 1 N–H and O–H groups in total. The van der Waals surface area contributed by atoms with Crippen LogP contribution < -0.4 is 15.6 Å². The van der Waals surface area contributed by atoms with E-state index in [1.54, 1.807) is 23.9 Å². The summed E-state index contributed by atoms with van der Waals surface area (Å²) in [5.74, 6) is 1.21. The number of anilines is 2. The van der Waals surface area contributed by atoms with Crippen LogP contribution in [0.2, 0.25) is 0 Å². The summed E-state index contributed by atoms with van der Waals surface area (Å²) in [5.41, 5.74) is 4.54. The molecule has 0 aliphatic carbocycles. The molecule has 0 atom stereocenters. The van der Waals surface area contributed by atoms with Crippen LogP contribution in [-0.2, 0) is 6.54 Å². The molecule has 0 amide bonds. The SMILES string of the molecule is COc1ccc(Nc2cc(-c3c(C)noc3C)cn(Cc3ccccc3)c2=O)cn1. The lowest BCUT2D eigenvalue weighted by atomic mass is 10.1. The molecular weight excluding hydrogens is 380 g/mol. The van der Waals surface area contributed by atoms with Crippen LogP contribution in [-0.4, -0.2) is 21.8 Å². The second kappa shape index (κ2) is 8.24. The Hall–Kier alpha value is -3.87. The first kappa shape index (κ1) is 19.4. The molecule has 0 aliphatic rings. The second-order valence-electron chi connectivity index (χ2n) is 6.97. The summed E-state index contributed by atoms with van der Waals surface area (Å²) in [6.45, 7) is 4.20. The van der Waals surface area contributed by atoms with E-state index in [9.17, 15) is 4.79 Å². The quantitative estimate of drug-likeness (QED) is 0.517. The molecular formula is C23H22N4O3. The summed E-state index contributed by atoms with van der Waals surface area (Å²) in [5, 5.41) is 7.24. The molecule has 1 aromatic carbocycles. The predicted molar refractivity (Wildman–Crippen MR) is 115 cm³/mol. The lowest BCUT2D eigenvalue weighted by molar-refractivity contribution is 0.393. The molecule has 4 rings (SSSR count). The minimum Gasteiger partial charge on any atom is -0.481 e. The molecule has 0 saturated heterocycles. The van der Waals surface area contributed by atoms with E-state index >= 15 is 0 Å². The van der Waals surface area contributed by atoms with Crippen LogP contribution in [0, 0.1) is 13.8 Å². The Labute approximate surface area is 174 Å². The zero-order valence-corrected chi connectivity index (χ0v) is 17.0. The lowest BCUT2D eigenvalue weighted by Gasteiger charge is -2.14. The Morgan fingerprint density at radius 2 is 1.93 bits per heavy atom. The van der Waals surface area contributed by atoms with Gasteiger partial charge in [-0.15, -0.1) is 0 Å². The van der Waals surface area contributed by atoms with Crippen molar-refractivity contribution in [3.8, 4) is 17.0 Å². The third kappa shape index (κ3) is 3.96. The summed E-state index contributed by atoms with van der Waals surface area (Å²) >= 11 is 0. The van der Waals surface area contributed by atoms with E-state index in [1.165, 1.54) is 0 Å². The fourth-order valence-electron chi connectivity index (χ4n) is 3.39. The van der Waals surface area contributed by atoms with Gasteiger partial charge in [0.15, 0.2) is 0 Å². The van der Waals surface area contributed by atoms with E-state index in [0.29, 0.717) is 29.6 Å². The van der Waals surface area contributed by atoms with Crippen molar-refractivity contribution in [1.82, 2.24) is 14.7 Å². The Bertz CT molecular complexity index is 1190. The predicted octanol–water partition coefficient (Wildman–Crippen LogP) is 4.32. The summed E-state index contributed by atoms with van der Waals surface area (Å²) in [7, 11) is 1.56. The summed E-state index contributed by atoms with van der Waals surface area (Å²) in [4.78, 5) is 17.4. The van der Waals surface area contributed by atoms with E-state index in [2.05, 4.69) is 15.5 Å². The molecule has 0 aliphatic heterocycles. The van der Waals surface area contributed by atoms with Crippen molar-refractivity contribution >= 4 is 11.4 Å². The number of rotatable bonds is 6. The lowest BCUT2D eigenvalue weighted by Crippen LogP contribution is -2.23. The van der Waals surface area contributed by atoms with Gasteiger partial charge in [0.2, 0.25) is 5.88 Å². The largest absolute Gasteiger partial charge is 0.481 e. The standard InChI is InChI=1S/C23H22N4O3/c1-15-22(16(2)30-26-15)18-11-20(25-19-9-10-21(29-3)24-12-19)23(28)27(14-18)13-17-7-5-4-6-8-17/h4-12,14,25H,13H2,1-3H3. The average molecular weight is 402 g/mol. The molecule has 0 radical (unpaired) electrons. The molecule has 7 nitrogen and oxygen atoms in total. The van der Waals surface area contributed by atoms with Crippen molar-refractivity contribution in [3.63, 3.8) is 0 Å². The molecule has 152 valence electrons. The van der Waals surface area contributed by atoms with Gasteiger partial charge in [0.25, 0.3) is 5.56 Å². The number of pyridine rings is 2. The van der Waals surface area contributed by atoms with Gasteiger partial charge in [-0.05, 0) is 31.5 Å². The first-order chi connectivity index (χ1) is 14.5. The molecule has 0 unspecified atom stereocenters. The Balaban J connectivity index is 1.80. The van der Waals surface area contributed by atoms with E-state index < -0.39 is 0 Å². The highest BCUT2D eigenvalue weighted by Gasteiger charge is 2.16. The Morgan fingerprint density at radius 3 is 2.57 bits per heavy atom. The van der Waals surface area contributed by atoms with Crippen molar-refractivity contribution in [2.45, 2.75) is 20.4 Å². The zero-order chi connectivity index (χ0) is 21.1. The molecule has 0 bridgehead atoms. The van der Waals surface area contributed by atoms with Gasteiger partial charge in [-0.2, -0.15) is 0 Å². The van der Waals surface area contributed by atoms with E-state index in [0.717, 1.165) is 22.4 Å². The maximum Gasteiger partial charge on any atom is 0.274 e. The molecule has 7 heteroatoms. The number of hydrogen-bond donors (Lipinski definition) is 1. The van der Waals surface area contributed by atoms with Crippen LogP contribution in [0.25, 0.3) is 11.1 Å². The van der Waals surface area contributed by atoms with Crippen LogP contribution in [0.5, 0.6) is 5.88 Å². The number of nitrogens with one attached hydrogen (secondary N) is 1. The normalized spacial score (nSPS) is 10.8. The van der Waals surface area contributed by atoms with Crippen molar-refractivity contribution < 1.29 is 9.26 Å². The topological polar surface area (TPSA) is 82.2 Å². The van der Waals surface area contributed by atoms with Gasteiger partial charge in [0.05, 0.1) is 31.2 Å². The zero-order valence-electron chi connectivity index (χ0n) is 17.0.